The molecule has 1 saturated heterocycles. The first-order chi connectivity index (χ1) is 12.4. The van der Waals surface area contributed by atoms with Crippen molar-refractivity contribution in [2.24, 2.45) is 5.92 Å². The SMILES string of the molecule is Cc1ccc(CN(C)CC(=O)N2C[C@@H](Cc3cc(C)[nH]n3)[C@H](O)C2)cc1. The molecule has 2 atom stereocenters. The molecular weight excluding hydrogens is 328 g/mol. The Morgan fingerprint density at radius 3 is 2.69 bits per heavy atom. The number of benzene rings is 1. The maximum absolute atomic E-state index is 12.6. The quantitative estimate of drug-likeness (QED) is 0.823. The van der Waals surface area contributed by atoms with Gasteiger partial charge in [-0.2, -0.15) is 5.10 Å². The van der Waals surface area contributed by atoms with Crippen LogP contribution in [-0.2, 0) is 17.8 Å². The molecule has 0 radical (unpaired) electrons. The molecule has 6 heteroatoms. The van der Waals surface area contributed by atoms with E-state index in [1.807, 2.05) is 24.9 Å². The average molecular weight is 356 g/mol. The van der Waals surface area contributed by atoms with Crippen LogP contribution < -0.4 is 0 Å². The van der Waals surface area contributed by atoms with Crippen molar-refractivity contribution < 1.29 is 9.90 Å². The summed E-state index contributed by atoms with van der Waals surface area (Å²) in [5.74, 6) is 0.114. The van der Waals surface area contributed by atoms with Gasteiger partial charge in [-0.25, -0.2) is 0 Å². The second kappa shape index (κ2) is 8.01. The van der Waals surface area contributed by atoms with Gasteiger partial charge in [0, 0.05) is 31.2 Å². The summed E-state index contributed by atoms with van der Waals surface area (Å²) in [5, 5.41) is 17.5. The minimum atomic E-state index is -0.488. The van der Waals surface area contributed by atoms with Gasteiger partial charge in [-0.15, -0.1) is 0 Å². The van der Waals surface area contributed by atoms with Gasteiger partial charge < -0.3 is 10.0 Å². The zero-order valence-corrected chi connectivity index (χ0v) is 15.8. The molecule has 26 heavy (non-hydrogen) atoms. The predicted octanol–water partition coefficient (Wildman–Crippen LogP) is 1.52. The second-order valence-electron chi connectivity index (χ2n) is 7.53. The molecule has 3 rings (SSSR count). The van der Waals surface area contributed by atoms with Crippen LogP contribution in [0.4, 0.5) is 0 Å². The number of aliphatic hydroxyl groups excluding tert-OH is 1. The largest absolute Gasteiger partial charge is 0.391 e. The number of H-pyrrole nitrogens is 1. The number of carbonyl (C=O) groups is 1. The summed E-state index contributed by atoms with van der Waals surface area (Å²) in [6.45, 7) is 6.11. The number of hydrogen-bond donors (Lipinski definition) is 2. The first-order valence-electron chi connectivity index (χ1n) is 9.11. The molecule has 0 saturated carbocycles. The lowest BCUT2D eigenvalue weighted by atomic mass is 10.0. The van der Waals surface area contributed by atoms with Gasteiger partial charge in [-0.05, 0) is 38.9 Å². The van der Waals surface area contributed by atoms with E-state index in [0.29, 0.717) is 26.1 Å². The molecule has 2 heterocycles. The Labute approximate surface area is 154 Å². The number of rotatable bonds is 6. The highest BCUT2D eigenvalue weighted by Gasteiger charge is 2.34. The molecule has 1 aliphatic heterocycles. The van der Waals surface area contributed by atoms with Gasteiger partial charge in [0.2, 0.25) is 5.91 Å². The van der Waals surface area contributed by atoms with Crippen LogP contribution in [0.1, 0.15) is 22.5 Å². The Morgan fingerprint density at radius 1 is 1.31 bits per heavy atom. The topological polar surface area (TPSA) is 72.5 Å². The number of nitrogens with zero attached hydrogens (tertiary/aromatic N) is 3. The molecule has 2 N–H and O–H groups in total. The zero-order valence-electron chi connectivity index (χ0n) is 15.8. The van der Waals surface area contributed by atoms with Crippen LogP contribution in [0.15, 0.2) is 30.3 Å². The van der Waals surface area contributed by atoms with Crippen molar-refractivity contribution in [1.29, 1.82) is 0 Å². The minimum absolute atomic E-state index is 0.0454. The fourth-order valence-electron chi connectivity index (χ4n) is 3.50. The first kappa shape index (κ1) is 18.6. The van der Waals surface area contributed by atoms with Crippen LogP contribution in [0, 0.1) is 19.8 Å². The highest BCUT2D eigenvalue weighted by molar-refractivity contribution is 5.78. The van der Waals surface area contributed by atoms with Gasteiger partial charge in [0.1, 0.15) is 0 Å². The summed E-state index contributed by atoms with van der Waals surface area (Å²) >= 11 is 0. The first-order valence-corrected chi connectivity index (χ1v) is 9.11. The highest BCUT2D eigenvalue weighted by atomic mass is 16.3. The fourth-order valence-corrected chi connectivity index (χ4v) is 3.50. The third-order valence-electron chi connectivity index (χ3n) is 4.97. The fraction of sp³-hybridized carbons (Fsp3) is 0.500. The standard InChI is InChI=1S/C20H28N4O2/c1-14-4-6-16(7-5-14)10-23(3)13-20(26)24-11-17(19(25)12-24)9-18-8-15(2)21-22-18/h4-8,17,19,25H,9-13H2,1-3H3,(H,21,22)/t17-,19-/m1/s1. The van der Waals surface area contributed by atoms with Gasteiger partial charge >= 0.3 is 0 Å². The molecule has 0 bridgehead atoms. The number of carbonyl (C=O) groups excluding carboxylic acids is 1. The predicted molar refractivity (Wildman–Crippen MR) is 101 cm³/mol. The lowest BCUT2D eigenvalue weighted by molar-refractivity contribution is -0.131. The number of amides is 1. The van der Waals surface area contributed by atoms with Crippen LogP contribution in [0.2, 0.25) is 0 Å². The van der Waals surface area contributed by atoms with Gasteiger partial charge in [-0.3, -0.25) is 14.8 Å². The lowest BCUT2D eigenvalue weighted by Crippen LogP contribution is -2.38. The smallest absolute Gasteiger partial charge is 0.236 e. The number of β-amino-alcohol motifs (C(OH)–C–C–N with tert-alkyl or cyclic N) is 1. The van der Waals surface area contributed by atoms with Crippen LogP contribution in [-0.4, -0.2) is 63.8 Å². The van der Waals surface area contributed by atoms with E-state index in [1.165, 1.54) is 11.1 Å². The number of aliphatic hydroxyl groups is 1. The molecule has 0 aliphatic carbocycles. The number of nitrogens with one attached hydrogen (secondary N) is 1. The van der Waals surface area contributed by atoms with E-state index in [9.17, 15) is 9.90 Å². The number of aromatic amines is 1. The number of likely N-dealkylation sites (tertiary alicyclic amines) is 1. The van der Waals surface area contributed by atoms with E-state index in [1.54, 1.807) is 4.90 Å². The Morgan fingerprint density at radius 2 is 2.04 bits per heavy atom. The van der Waals surface area contributed by atoms with Crippen molar-refractivity contribution in [3.05, 3.63) is 52.8 Å². The van der Waals surface area contributed by atoms with E-state index in [4.69, 9.17) is 0 Å². The average Bonchev–Trinajstić information content (AvgIpc) is 3.16. The Balaban J connectivity index is 1.50. The molecule has 0 unspecified atom stereocenters. The van der Waals surface area contributed by atoms with E-state index < -0.39 is 6.10 Å². The van der Waals surface area contributed by atoms with E-state index in [0.717, 1.165) is 17.9 Å². The van der Waals surface area contributed by atoms with Crippen molar-refractivity contribution in [2.75, 3.05) is 26.7 Å². The summed E-state index contributed by atoms with van der Waals surface area (Å²) in [6, 6.07) is 10.4. The van der Waals surface area contributed by atoms with Crippen molar-refractivity contribution in [3.63, 3.8) is 0 Å². The minimum Gasteiger partial charge on any atom is -0.391 e. The summed E-state index contributed by atoms with van der Waals surface area (Å²) in [7, 11) is 1.95. The molecule has 6 nitrogen and oxygen atoms in total. The molecular formula is C20H28N4O2. The third-order valence-corrected chi connectivity index (χ3v) is 4.97. The Hall–Kier alpha value is -2.18. The van der Waals surface area contributed by atoms with Crippen LogP contribution in [0.3, 0.4) is 0 Å². The molecule has 2 aromatic rings. The Kier molecular flexibility index (Phi) is 5.74. The normalized spacial score (nSPS) is 20.1. The second-order valence-corrected chi connectivity index (χ2v) is 7.53. The Bertz CT molecular complexity index is 741. The van der Waals surface area contributed by atoms with Crippen LogP contribution in [0.5, 0.6) is 0 Å². The van der Waals surface area contributed by atoms with Gasteiger partial charge in [-0.1, -0.05) is 29.8 Å². The third kappa shape index (κ3) is 4.71. The van der Waals surface area contributed by atoms with Gasteiger partial charge in [0.05, 0.1) is 18.3 Å². The number of likely N-dealkylation sites (N-methyl/N-ethyl adjacent to an activating group) is 1. The van der Waals surface area contributed by atoms with Crippen LogP contribution >= 0.6 is 0 Å². The molecule has 0 spiro atoms. The molecule has 1 fully saturated rings. The van der Waals surface area contributed by atoms with E-state index in [-0.39, 0.29) is 11.8 Å². The molecule has 1 aromatic carbocycles. The number of hydrogen-bond acceptors (Lipinski definition) is 4. The van der Waals surface area contributed by atoms with Crippen molar-refractivity contribution in [2.45, 2.75) is 32.9 Å². The maximum atomic E-state index is 12.6. The van der Waals surface area contributed by atoms with Crippen molar-refractivity contribution >= 4 is 5.91 Å². The summed E-state index contributed by atoms with van der Waals surface area (Å²) in [4.78, 5) is 16.4. The maximum Gasteiger partial charge on any atom is 0.236 e. The van der Waals surface area contributed by atoms with E-state index >= 15 is 0 Å². The highest BCUT2D eigenvalue weighted by Crippen LogP contribution is 2.21. The molecule has 140 valence electrons. The van der Waals surface area contributed by atoms with Gasteiger partial charge in [0.15, 0.2) is 0 Å². The summed E-state index contributed by atoms with van der Waals surface area (Å²) in [6.07, 6.45) is 0.201. The van der Waals surface area contributed by atoms with Gasteiger partial charge in [0.25, 0.3) is 0 Å². The summed E-state index contributed by atoms with van der Waals surface area (Å²) < 4.78 is 0. The van der Waals surface area contributed by atoms with Crippen molar-refractivity contribution in [1.82, 2.24) is 20.0 Å². The zero-order chi connectivity index (χ0) is 18.7. The molecule has 1 aromatic heterocycles. The monoisotopic (exact) mass is 356 g/mol. The van der Waals surface area contributed by atoms with Crippen LogP contribution in [0.25, 0.3) is 0 Å². The number of aromatic nitrogens is 2. The van der Waals surface area contributed by atoms with Crippen molar-refractivity contribution in [3.8, 4) is 0 Å². The summed E-state index contributed by atoms with van der Waals surface area (Å²) in [5.41, 5.74) is 4.38. The lowest BCUT2D eigenvalue weighted by Gasteiger charge is -2.21. The molecule has 1 amide bonds. The van der Waals surface area contributed by atoms with E-state index in [2.05, 4.69) is 41.4 Å². The number of aryl methyl sites for hydroxylation is 2. The molecule has 1 aliphatic rings.